The van der Waals surface area contributed by atoms with E-state index in [1.54, 1.807) is 11.3 Å². The van der Waals surface area contributed by atoms with E-state index >= 15 is 0 Å². The molecule has 1 aromatic carbocycles. The molecule has 0 radical (unpaired) electrons. The van der Waals surface area contributed by atoms with Crippen LogP contribution in [0.4, 0.5) is 0 Å². The van der Waals surface area contributed by atoms with Crippen LogP contribution in [0, 0.1) is 12.8 Å². The summed E-state index contributed by atoms with van der Waals surface area (Å²) in [5, 5.41) is 3.00. The lowest BCUT2D eigenvalue weighted by molar-refractivity contribution is -0.133. The van der Waals surface area contributed by atoms with Gasteiger partial charge in [-0.05, 0) is 43.4 Å². The van der Waals surface area contributed by atoms with E-state index in [1.807, 2.05) is 28.5 Å². The largest absolute Gasteiger partial charge is 0.486 e. The number of amides is 1. The molecule has 1 saturated carbocycles. The highest BCUT2D eigenvalue weighted by molar-refractivity contribution is 7.09. The van der Waals surface area contributed by atoms with Crippen molar-refractivity contribution < 1.29 is 9.53 Å². The minimum atomic E-state index is 0.253. The number of thiazole rings is 1. The zero-order valence-electron chi connectivity index (χ0n) is 15.2. The number of carbonyl (C=O) groups excluding carboxylic acids is 1. The summed E-state index contributed by atoms with van der Waals surface area (Å²) in [7, 11) is 0. The molecule has 0 N–H and O–H groups in total. The minimum absolute atomic E-state index is 0.253. The van der Waals surface area contributed by atoms with Crippen LogP contribution in [0.3, 0.4) is 0 Å². The fourth-order valence-corrected chi connectivity index (χ4v) is 3.48. The summed E-state index contributed by atoms with van der Waals surface area (Å²) in [6.45, 7) is 7.32. The van der Waals surface area contributed by atoms with Gasteiger partial charge in [0.15, 0.2) is 0 Å². The number of aryl methyl sites for hydroxylation is 1. The minimum Gasteiger partial charge on any atom is -0.486 e. The SMILES string of the molecule is Cc1cccc(OCc2nc(CN(C(=O)CC(C)C)C3CC3)cs2)c1. The molecular weight excluding hydrogens is 332 g/mol. The van der Waals surface area contributed by atoms with Crippen LogP contribution < -0.4 is 4.74 Å². The van der Waals surface area contributed by atoms with Crippen LogP contribution in [0.15, 0.2) is 29.6 Å². The molecule has 25 heavy (non-hydrogen) atoms. The molecule has 1 aliphatic rings. The third kappa shape index (κ3) is 5.30. The second-order valence-corrected chi connectivity index (χ2v) is 8.13. The number of aromatic nitrogens is 1. The van der Waals surface area contributed by atoms with Crippen molar-refractivity contribution >= 4 is 17.2 Å². The molecule has 3 rings (SSSR count). The highest BCUT2D eigenvalue weighted by Crippen LogP contribution is 2.30. The van der Waals surface area contributed by atoms with E-state index in [2.05, 4.69) is 31.8 Å². The van der Waals surface area contributed by atoms with Crippen LogP contribution in [0.25, 0.3) is 0 Å². The Balaban J connectivity index is 1.57. The van der Waals surface area contributed by atoms with Gasteiger partial charge in [0.05, 0.1) is 12.2 Å². The number of rotatable bonds is 8. The summed E-state index contributed by atoms with van der Waals surface area (Å²) < 4.78 is 5.82. The predicted octanol–water partition coefficient (Wildman–Crippen LogP) is 4.57. The summed E-state index contributed by atoms with van der Waals surface area (Å²) >= 11 is 1.60. The van der Waals surface area contributed by atoms with Gasteiger partial charge in [0.1, 0.15) is 17.4 Å². The first-order valence-corrected chi connectivity index (χ1v) is 9.81. The van der Waals surface area contributed by atoms with E-state index < -0.39 is 0 Å². The van der Waals surface area contributed by atoms with Crippen molar-refractivity contribution in [3.63, 3.8) is 0 Å². The van der Waals surface area contributed by atoms with Gasteiger partial charge in [0.25, 0.3) is 0 Å². The molecule has 0 unspecified atom stereocenters. The van der Waals surface area contributed by atoms with Crippen molar-refractivity contribution in [1.29, 1.82) is 0 Å². The van der Waals surface area contributed by atoms with Gasteiger partial charge in [-0.1, -0.05) is 26.0 Å². The first-order chi connectivity index (χ1) is 12.0. The quantitative estimate of drug-likeness (QED) is 0.694. The topological polar surface area (TPSA) is 42.4 Å². The Labute approximate surface area is 153 Å². The lowest BCUT2D eigenvalue weighted by atomic mass is 10.1. The molecule has 134 valence electrons. The molecule has 1 aliphatic carbocycles. The smallest absolute Gasteiger partial charge is 0.223 e. The van der Waals surface area contributed by atoms with Gasteiger partial charge in [-0.3, -0.25) is 4.79 Å². The molecule has 0 aliphatic heterocycles. The van der Waals surface area contributed by atoms with Gasteiger partial charge in [-0.2, -0.15) is 0 Å². The van der Waals surface area contributed by atoms with E-state index in [0.29, 0.717) is 31.5 Å². The summed E-state index contributed by atoms with van der Waals surface area (Å²) in [5.74, 6) is 1.51. The van der Waals surface area contributed by atoms with Crippen LogP contribution in [0.5, 0.6) is 5.75 Å². The maximum atomic E-state index is 12.5. The molecule has 0 atom stereocenters. The Morgan fingerprint density at radius 3 is 2.88 bits per heavy atom. The monoisotopic (exact) mass is 358 g/mol. The Kier molecular flexibility index (Phi) is 5.74. The van der Waals surface area contributed by atoms with E-state index in [4.69, 9.17) is 4.74 Å². The number of hydrogen-bond acceptors (Lipinski definition) is 4. The lowest BCUT2D eigenvalue weighted by Gasteiger charge is -2.22. The van der Waals surface area contributed by atoms with Crippen molar-refractivity contribution in [1.82, 2.24) is 9.88 Å². The Hall–Kier alpha value is -1.88. The van der Waals surface area contributed by atoms with Gasteiger partial charge in [0.2, 0.25) is 5.91 Å². The average Bonchev–Trinajstić information content (AvgIpc) is 3.29. The standard InChI is InChI=1S/C20H26N2O2S/c1-14(2)9-20(23)22(17-7-8-17)11-16-13-25-19(21-16)12-24-18-6-4-5-15(3)10-18/h4-6,10,13-14,17H,7-9,11-12H2,1-3H3. The second-order valence-electron chi connectivity index (χ2n) is 7.19. The molecule has 0 spiro atoms. The summed E-state index contributed by atoms with van der Waals surface area (Å²) in [5.41, 5.74) is 2.15. The first kappa shape index (κ1) is 17.9. The first-order valence-electron chi connectivity index (χ1n) is 8.93. The van der Waals surface area contributed by atoms with E-state index in [0.717, 1.165) is 29.3 Å². The maximum Gasteiger partial charge on any atom is 0.223 e. The predicted molar refractivity (Wildman–Crippen MR) is 101 cm³/mol. The van der Waals surface area contributed by atoms with Gasteiger partial charge in [-0.25, -0.2) is 4.98 Å². The molecule has 4 nitrogen and oxygen atoms in total. The highest BCUT2D eigenvalue weighted by atomic mass is 32.1. The highest BCUT2D eigenvalue weighted by Gasteiger charge is 2.33. The second kappa shape index (κ2) is 8.00. The lowest BCUT2D eigenvalue weighted by Crippen LogP contribution is -2.33. The number of ether oxygens (including phenoxy) is 1. The maximum absolute atomic E-state index is 12.5. The van der Waals surface area contributed by atoms with E-state index in [1.165, 1.54) is 5.56 Å². The average molecular weight is 359 g/mol. The van der Waals surface area contributed by atoms with Crippen molar-refractivity contribution in [3.05, 3.63) is 45.9 Å². The van der Waals surface area contributed by atoms with Crippen molar-refractivity contribution in [3.8, 4) is 5.75 Å². The number of nitrogens with zero attached hydrogens (tertiary/aromatic N) is 2. The third-order valence-corrected chi connectivity index (χ3v) is 5.05. The number of hydrogen-bond donors (Lipinski definition) is 0. The normalized spacial score (nSPS) is 13.9. The Bertz CT molecular complexity index is 722. The zero-order valence-corrected chi connectivity index (χ0v) is 16.0. The van der Waals surface area contributed by atoms with Crippen LogP contribution >= 0.6 is 11.3 Å². The molecular formula is C20H26N2O2S. The number of carbonyl (C=O) groups is 1. The summed E-state index contributed by atoms with van der Waals surface area (Å²) in [6.07, 6.45) is 2.86. The number of benzene rings is 1. The van der Waals surface area contributed by atoms with Crippen molar-refractivity contribution in [2.24, 2.45) is 5.92 Å². The van der Waals surface area contributed by atoms with Crippen LogP contribution in [-0.2, 0) is 17.9 Å². The van der Waals surface area contributed by atoms with Gasteiger partial charge in [0, 0.05) is 17.8 Å². The zero-order chi connectivity index (χ0) is 17.8. The van der Waals surface area contributed by atoms with Crippen molar-refractivity contribution in [2.75, 3.05) is 0 Å². The summed E-state index contributed by atoms with van der Waals surface area (Å²) in [6, 6.07) is 8.44. The molecule has 1 amide bonds. The Morgan fingerprint density at radius 2 is 2.20 bits per heavy atom. The summed E-state index contributed by atoms with van der Waals surface area (Å²) in [4.78, 5) is 19.1. The van der Waals surface area contributed by atoms with Gasteiger partial charge in [-0.15, -0.1) is 11.3 Å². The van der Waals surface area contributed by atoms with E-state index in [-0.39, 0.29) is 5.91 Å². The van der Waals surface area contributed by atoms with Crippen LogP contribution in [0.2, 0.25) is 0 Å². The van der Waals surface area contributed by atoms with Crippen molar-refractivity contribution in [2.45, 2.75) is 59.2 Å². The molecule has 1 fully saturated rings. The Morgan fingerprint density at radius 1 is 1.40 bits per heavy atom. The molecule has 5 heteroatoms. The fourth-order valence-electron chi connectivity index (χ4n) is 2.79. The van der Waals surface area contributed by atoms with E-state index in [9.17, 15) is 4.79 Å². The third-order valence-electron chi connectivity index (χ3n) is 4.17. The molecule has 1 aromatic heterocycles. The molecule has 0 bridgehead atoms. The van der Waals surface area contributed by atoms with Gasteiger partial charge >= 0.3 is 0 Å². The van der Waals surface area contributed by atoms with Gasteiger partial charge < -0.3 is 9.64 Å². The molecule has 2 aromatic rings. The fraction of sp³-hybridized carbons (Fsp3) is 0.500. The molecule has 1 heterocycles. The van der Waals surface area contributed by atoms with Crippen LogP contribution in [-0.4, -0.2) is 21.8 Å². The molecule has 0 saturated heterocycles. The van der Waals surface area contributed by atoms with Crippen LogP contribution in [0.1, 0.15) is 49.4 Å².